The van der Waals surface area contributed by atoms with Gasteiger partial charge in [-0.05, 0) is 30.9 Å². The first kappa shape index (κ1) is 20.1. The molecule has 2 aliphatic heterocycles. The second-order valence-electron chi connectivity index (χ2n) is 7.92. The maximum Gasteiger partial charge on any atom is 0.260 e. The summed E-state index contributed by atoms with van der Waals surface area (Å²) >= 11 is 0. The molecule has 2 fully saturated rings. The van der Waals surface area contributed by atoms with Crippen molar-refractivity contribution in [3.05, 3.63) is 30.3 Å². The maximum absolute atomic E-state index is 12.6. The van der Waals surface area contributed by atoms with Gasteiger partial charge in [-0.15, -0.1) is 0 Å². The molecule has 0 spiro atoms. The fourth-order valence-electron chi connectivity index (χ4n) is 4.16. The van der Waals surface area contributed by atoms with E-state index in [0.717, 1.165) is 6.54 Å². The summed E-state index contributed by atoms with van der Waals surface area (Å²) in [5.74, 6) is 1.31. The Morgan fingerprint density at radius 3 is 2.56 bits per heavy atom. The summed E-state index contributed by atoms with van der Waals surface area (Å²) in [7, 11) is -3.09. The van der Waals surface area contributed by atoms with E-state index in [1.54, 1.807) is 4.90 Å². The summed E-state index contributed by atoms with van der Waals surface area (Å²) in [6, 6.07) is 9.28. The topological polar surface area (TPSA) is 66.9 Å². The molecule has 27 heavy (non-hydrogen) atoms. The first-order valence-corrected chi connectivity index (χ1v) is 11.5. The average molecular weight is 395 g/mol. The number of ether oxygens (including phenoxy) is 1. The van der Waals surface area contributed by atoms with Crippen molar-refractivity contribution in [2.45, 2.75) is 38.0 Å². The van der Waals surface area contributed by atoms with E-state index in [2.05, 4.69) is 18.7 Å². The Hall–Kier alpha value is -1.60. The number of fused-ring (bicyclic) bond motifs is 1. The van der Waals surface area contributed by atoms with E-state index in [-0.39, 0.29) is 29.6 Å². The Balaban J connectivity index is 1.64. The number of likely N-dealkylation sites (tertiary alicyclic amines) is 1. The highest BCUT2D eigenvalue weighted by atomic mass is 32.2. The molecule has 0 radical (unpaired) electrons. The number of sulfone groups is 1. The maximum atomic E-state index is 12.6. The molecule has 0 aliphatic carbocycles. The largest absolute Gasteiger partial charge is 0.484 e. The van der Waals surface area contributed by atoms with Gasteiger partial charge in [0.2, 0.25) is 0 Å². The first-order valence-electron chi connectivity index (χ1n) is 9.78. The molecule has 6 nitrogen and oxygen atoms in total. The number of nitrogens with zero attached hydrogens (tertiary/aromatic N) is 2. The Labute approximate surface area is 162 Å². The highest BCUT2D eigenvalue weighted by Crippen LogP contribution is 2.28. The standard InChI is InChI=1S/C20H30N2O4S/c1-16(2)14-22-12-13-27(24,25)19-9-11-21(10-8-18(19)22)20(23)15-26-17-6-4-3-5-7-17/h3-7,16,18-19H,8-15H2,1-2H3/t18-,19+/m0/s1. The lowest BCUT2D eigenvalue weighted by atomic mass is 10.0. The molecule has 0 bridgehead atoms. The molecule has 2 saturated heterocycles. The van der Waals surface area contributed by atoms with Gasteiger partial charge in [0.15, 0.2) is 16.4 Å². The molecule has 0 unspecified atom stereocenters. The van der Waals surface area contributed by atoms with E-state index in [4.69, 9.17) is 4.74 Å². The van der Waals surface area contributed by atoms with Crippen molar-refractivity contribution in [1.29, 1.82) is 0 Å². The minimum atomic E-state index is -3.09. The van der Waals surface area contributed by atoms with Crippen molar-refractivity contribution in [2.24, 2.45) is 5.92 Å². The van der Waals surface area contributed by atoms with E-state index in [1.807, 2.05) is 30.3 Å². The lowest BCUT2D eigenvalue weighted by Gasteiger charge is -2.40. The highest BCUT2D eigenvalue weighted by molar-refractivity contribution is 7.92. The van der Waals surface area contributed by atoms with Crippen LogP contribution >= 0.6 is 0 Å². The van der Waals surface area contributed by atoms with Crippen molar-refractivity contribution < 1.29 is 17.9 Å². The monoisotopic (exact) mass is 394 g/mol. The minimum absolute atomic E-state index is 0.0121. The second kappa shape index (κ2) is 8.61. The van der Waals surface area contributed by atoms with Crippen LogP contribution in [0, 0.1) is 5.92 Å². The molecule has 1 aromatic carbocycles. The predicted octanol–water partition coefficient (Wildman–Crippen LogP) is 1.81. The molecular weight excluding hydrogens is 364 g/mol. The Bertz CT molecular complexity index is 736. The normalized spacial score (nSPS) is 25.7. The molecule has 1 amide bonds. The van der Waals surface area contributed by atoms with Crippen molar-refractivity contribution in [1.82, 2.24) is 9.80 Å². The Kier molecular flexibility index (Phi) is 6.42. The molecule has 2 atom stereocenters. The van der Waals surface area contributed by atoms with Gasteiger partial charge in [-0.25, -0.2) is 8.42 Å². The van der Waals surface area contributed by atoms with Crippen molar-refractivity contribution in [2.75, 3.05) is 38.5 Å². The van der Waals surface area contributed by atoms with Crippen LogP contribution in [0.25, 0.3) is 0 Å². The minimum Gasteiger partial charge on any atom is -0.484 e. The van der Waals surface area contributed by atoms with Gasteiger partial charge < -0.3 is 9.64 Å². The molecule has 0 N–H and O–H groups in total. The van der Waals surface area contributed by atoms with Gasteiger partial charge in [-0.3, -0.25) is 9.69 Å². The van der Waals surface area contributed by atoms with Gasteiger partial charge in [-0.2, -0.15) is 0 Å². The van der Waals surface area contributed by atoms with E-state index < -0.39 is 9.84 Å². The van der Waals surface area contributed by atoms with Crippen molar-refractivity contribution >= 4 is 15.7 Å². The van der Waals surface area contributed by atoms with Gasteiger partial charge >= 0.3 is 0 Å². The van der Waals surface area contributed by atoms with Crippen LogP contribution in [0.15, 0.2) is 30.3 Å². The number of amides is 1. The number of carbonyl (C=O) groups is 1. The van der Waals surface area contributed by atoms with Crippen LogP contribution in [0.4, 0.5) is 0 Å². The summed E-state index contributed by atoms with van der Waals surface area (Å²) in [4.78, 5) is 16.7. The zero-order valence-electron chi connectivity index (χ0n) is 16.2. The van der Waals surface area contributed by atoms with Crippen molar-refractivity contribution in [3.63, 3.8) is 0 Å². The number of benzene rings is 1. The van der Waals surface area contributed by atoms with E-state index in [9.17, 15) is 13.2 Å². The summed E-state index contributed by atoms with van der Waals surface area (Å²) in [5, 5.41) is -0.363. The van der Waals surface area contributed by atoms with Crippen LogP contribution in [0.5, 0.6) is 5.75 Å². The highest BCUT2D eigenvalue weighted by Gasteiger charge is 2.43. The van der Waals surface area contributed by atoms with Crippen LogP contribution in [0.3, 0.4) is 0 Å². The number of para-hydroxylation sites is 1. The fourth-order valence-corrected chi connectivity index (χ4v) is 6.20. The Morgan fingerprint density at radius 1 is 1.15 bits per heavy atom. The molecule has 0 aromatic heterocycles. The van der Waals surface area contributed by atoms with Gasteiger partial charge in [0.05, 0.1) is 11.0 Å². The van der Waals surface area contributed by atoms with E-state index in [0.29, 0.717) is 44.1 Å². The first-order chi connectivity index (χ1) is 12.9. The average Bonchev–Trinajstić information content (AvgIpc) is 2.87. The zero-order valence-corrected chi connectivity index (χ0v) is 17.0. The lowest BCUT2D eigenvalue weighted by Crippen LogP contribution is -2.55. The van der Waals surface area contributed by atoms with Gasteiger partial charge in [-0.1, -0.05) is 32.0 Å². The quantitative estimate of drug-likeness (QED) is 0.762. The number of hydrogen-bond donors (Lipinski definition) is 0. The van der Waals surface area contributed by atoms with Crippen LogP contribution in [-0.2, 0) is 14.6 Å². The summed E-state index contributed by atoms with van der Waals surface area (Å²) < 4.78 is 30.8. The van der Waals surface area contributed by atoms with E-state index in [1.165, 1.54) is 0 Å². The van der Waals surface area contributed by atoms with Gasteiger partial charge in [0.25, 0.3) is 5.91 Å². The van der Waals surface area contributed by atoms with Crippen LogP contribution in [0.2, 0.25) is 0 Å². The van der Waals surface area contributed by atoms with Crippen LogP contribution < -0.4 is 4.74 Å². The number of carbonyl (C=O) groups excluding carboxylic acids is 1. The third-order valence-electron chi connectivity index (χ3n) is 5.46. The fraction of sp³-hybridized carbons (Fsp3) is 0.650. The number of hydrogen-bond acceptors (Lipinski definition) is 5. The molecule has 150 valence electrons. The summed E-state index contributed by atoms with van der Waals surface area (Å²) in [6.07, 6.45) is 1.21. The molecule has 2 aliphatic rings. The molecular formula is C20H30N2O4S. The summed E-state index contributed by atoms with van der Waals surface area (Å²) in [5.41, 5.74) is 0. The molecule has 3 rings (SSSR count). The number of rotatable bonds is 5. The summed E-state index contributed by atoms with van der Waals surface area (Å²) in [6.45, 7) is 6.88. The van der Waals surface area contributed by atoms with E-state index >= 15 is 0 Å². The smallest absolute Gasteiger partial charge is 0.260 e. The third-order valence-corrected chi connectivity index (χ3v) is 7.68. The van der Waals surface area contributed by atoms with Gasteiger partial charge in [0, 0.05) is 32.2 Å². The molecule has 1 aromatic rings. The zero-order chi connectivity index (χ0) is 19.4. The van der Waals surface area contributed by atoms with Crippen LogP contribution in [-0.4, -0.2) is 74.0 Å². The van der Waals surface area contributed by atoms with Gasteiger partial charge in [0.1, 0.15) is 5.75 Å². The molecule has 0 saturated carbocycles. The predicted molar refractivity (Wildman–Crippen MR) is 106 cm³/mol. The molecule has 7 heteroatoms. The second-order valence-corrected chi connectivity index (χ2v) is 10.3. The Morgan fingerprint density at radius 2 is 1.85 bits per heavy atom. The third kappa shape index (κ3) is 5.02. The SMILES string of the molecule is CC(C)CN1CCS(=O)(=O)[C@@H]2CCN(C(=O)COc3ccccc3)CC[C@@H]21. The lowest BCUT2D eigenvalue weighted by molar-refractivity contribution is -0.133. The van der Waals surface area contributed by atoms with Crippen LogP contribution in [0.1, 0.15) is 26.7 Å². The van der Waals surface area contributed by atoms with Crippen molar-refractivity contribution in [3.8, 4) is 5.75 Å². The molecule has 2 heterocycles.